The molecule has 0 aliphatic rings. The highest BCUT2D eigenvalue weighted by Crippen LogP contribution is 2.36. The first-order chi connectivity index (χ1) is 16.6. The Labute approximate surface area is 207 Å². The van der Waals surface area contributed by atoms with Gasteiger partial charge in [0.25, 0.3) is 0 Å². The quantitative estimate of drug-likeness (QED) is 0.182. The van der Waals surface area contributed by atoms with E-state index in [4.69, 9.17) is 37.4 Å². The number of benzene rings is 3. The zero-order valence-corrected chi connectivity index (χ0v) is 20.0. The molecular formula is C26H23Cl2FN2O3. The number of anilines is 2. The van der Waals surface area contributed by atoms with Crippen LogP contribution in [0.25, 0.3) is 10.9 Å². The molecule has 0 aliphatic heterocycles. The summed E-state index contributed by atoms with van der Waals surface area (Å²) >= 11 is 12.2. The molecule has 0 saturated carbocycles. The molecule has 34 heavy (non-hydrogen) atoms. The van der Waals surface area contributed by atoms with E-state index in [0.29, 0.717) is 34.8 Å². The molecule has 3 aromatic carbocycles. The van der Waals surface area contributed by atoms with Crippen molar-refractivity contribution < 1.29 is 18.6 Å². The number of nitrogens with one attached hydrogen (secondary N) is 1. The van der Waals surface area contributed by atoms with Gasteiger partial charge in [-0.25, -0.2) is 4.39 Å². The minimum absolute atomic E-state index is 0.217. The van der Waals surface area contributed by atoms with Gasteiger partial charge in [-0.3, -0.25) is 4.98 Å². The minimum atomic E-state index is -0.304. The lowest BCUT2D eigenvalue weighted by Gasteiger charge is -2.15. The van der Waals surface area contributed by atoms with Crippen LogP contribution in [0.3, 0.4) is 0 Å². The van der Waals surface area contributed by atoms with Crippen LogP contribution < -0.4 is 19.5 Å². The Balaban J connectivity index is 1.53. The van der Waals surface area contributed by atoms with Gasteiger partial charge in [-0.15, -0.1) is 11.6 Å². The lowest BCUT2D eigenvalue weighted by Crippen LogP contribution is -2.01. The van der Waals surface area contributed by atoms with Crippen LogP contribution in [-0.2, 0) is 6.61 Å². The van der Waals surface area contributed by atoms with E-state index in [0.717, 1.165) is 34.3 Å². The molecule has 1 heterocycles. The molecule has 0 radical (unpaired) electrons. The van der Waals surface area contributed by atoms with Crippen LogP contribution >= 0.6 is 23.2 Å². The van der Waals surface area contributed by atoms with Gasteiger partial charge in [0.1, 0.15) is 18.2 Å². The molecule has 0 unspecified atom stereocenters. The summed E-state index contributed by atoms with van der Waals surface area (Å²) in [6.45, 7) is 0.712. The predicted octanol–water partition coefficient (Wildman–Crippen LogP) is 7.37. The van der Waals surface area contributed by atoms with Crippen molar-refractivity contribution in [3.63, 3.8) is 0 Å². The van der Waals surface area contributed by atoms with Crippen molar-refractivity contribution in [2.24, 2.45) is 0 Å². The summed E-state index contributed by atoms with van der Waals surface area (Å²) in [5.41, 5.74) is 3.09. The predicted molar refractivity (Wildman–Crippen MR) is 135 cm³/mol. The van der Waals surface area contributed by atoms with Crippen molar-refractivity contribution in [1.29, 1.82) is 0 Å². The van der Waals surface area contributed by atoms with Gasteiger partial charge in [-0.1, -0.05) is 23.7 Å². The van der Waals surface area contributed by atoms with Gasteiger partial charge in [0.2, 0.25) is 0 Å². The second kappa shape index (κ2) is 11.3. The Morgan fingerprint density at radius 2 is 1.85 bits per heavy atom. The van der Waals surface area contributed by atoms with E-state index >= 15 is 0 Å². The second-order valence-corrected chi connectivity index (χ2v) is 8.24. The smallest absolute Gasteiger partial charge is 0.163 e. The Kier molecular flexibility index (Phi) is 7.93. The monoisotopic (exact) mass is 500 g/mol. The highest BCUT2D eigenvalue weighted by atomic mass is 35.5. The molecule has 0 aliphatic carbocycles. The Hall–Kier alpha value is -3.22. The zero-order chi connectivity index (χ0) is 23.9. The maximum atomic E-state index is 13.4. The molecule has 0 bridgehead atoms. The molecule has 0 atom stereocenters. The molecule has 0 fully saturated rings. The van der Waals surface area contributed by atoms with E-state index in [-0.39, 0.29) is 12.4 Å². The van der Waals surface area contributed by atoms with Crippen LogP contribution in [0.15, 0.2) is 66.9 Å². The van der Waals surface area contributed by atoms with Crippen molar-refractivity contribution in [2.45, 2.75) is 13.0 Å². The van der Waals surface area contributed by atoms with Gasteiger partial charge in [-0.2, -0.15) is 0 Å². The van der Waals surface area contributed by atoms with Crippen molar-refractivity contribution in [3.05, 3.63) is 83.3 Å². The van der Waals surface area contributed by atoms with Crippen molar-refractivity contribution in [3.8, 4) is 17.2 Å². The van der Waals surface area contributed by atoms with E-state index in [2.05, 4.69) is 10.3 Å². The summed E-state index contributed by atoms with van der Waals surface area (Å²) in [5, 5.41) is 4.68. The maximum Gasteiger partial charge on any atom is 0.163 e. The number of pyridine rings is 1. The molecule has 8 heteroatoms. The number of methoxy groups -OCH3 is 1. The molecule has 4 aromatic rings. The van der Waals surface area contributed by atoms with E-state index in [1.54, 1.807) is 37.6 Å². The summed E-state index contributed by atoms with van der Waals surface area (Å²) in [7, 11) is 1.60. The summed E-state index contributed by atoms with van der Waals surface area (Å²) in [4.78, 5) is 4.46. The van der Waals surface area contributed by atoms with Crippen molar-refractivity contribution >= 4 is 45.5 Å². The summed E-state index contributed by atoms with van der Waals surface area (Å²) in [6.07, 6.45) is 2.46. The minimum Gasteiger partial charge on any atom is -0.493 e. The van der Waals surface area contributed by atoms with Crippen molar-refractivity contribution in [1.82, 2.24) is 4.98 Å². The number of fused-ring (bicyclic) bond motifs is 1. The van der Waals surface area contributed by atoms with Crippen molar-refractivity contribution in [2.75, 3.05) is 24.9 Å². The maximum absolute atomic E-state index is 13.4. The molecule has 0 spiro atoms. The highest BCUT2D eigenvalue weighted by molar-refractivity contribution is 6.32. The van der Waals surface area contributed by atoms with E-state index in [1.165, 1.54) is 12.1 Å². The van der Waals surface area contributed by atoms with Gasteiger partial charge >= 0.3 is 0 Å². The first-order valence-electron chi connectivity index (χ1n) is 10.7. The topological polar surface area (TPSA) is 52.6 Å². The lowest BCUT2D eigenvalue weighted by atomic mass is 10.1. The molecule has 176 valence electrons. The molecule has 4 rings (SSSR count). The average Bonchev–Trinajstić information content (AvgIpc) is 2.83. The van der Waals surface area contributed by atoms with E-state index in [9.17, 15) is 4.39 Å². The molecule has 1 N–H and O–H groups in total. The molecule has 0 saturated heterocycles. The number of rotatable bonds is 10. The first-order valence-corrected chi connectivity index (χ1v) is 11.6. The fourth-order valence-corrected chi connectivity index (χ4v) is 3.75. The largest absolute Gasteiger partial charge is 0.493 e. The first kappa shape index (κ1) is 23.9. The van der Waals surface area contributed by atoms with Gasteiger partial charge in [-0.05, 0) is 54.4 Å². The summed E-state index contributed by atoms with van der Waals surface area (Å²) in [6, 6.07) is 17.3. The number of hydrogen-bond acceptors (Lipinski definition) is 5. The number of halogens is 3. The Bertz CT molecular complexity index is 1290. The number of nitrogens with zero attached hydrogens (tertiary/aromatic N) is 1. The fourth-order valence-electron chi connectivity index (χ4n) is 3.41. The van der Waals surface area contributed by atoms with Crippen LogP contribution in [0.1, 0.15) is 12.0 Å². The number of ether oxygens (including phenoxy) is 3. The van der Waals surface area contributed by atoms with Gasteiger partial charge in [0.05, 0.1) is 24.3 Å². The number of aromatic nitrogens is 1. The SMILES string of the molecule is COc1cc2c(Nc3ccc(OCc4cccc(F)c4)c(Cl)c3)ccnc2cc1OCCCCl. The van der Waals surface area contributed by atoms with Crippen LogP contribution in [0, 0.1) is 5.82 Å². The third-order valence-corrected chi connectivity index (χ3v) is 5.62. The molecular weight excluding hydrogens is 478 g/mol. The second-order valence-electron chi connectivity index (χ2n) is 7.46. The highest BCUT2D eigenvalue weighted by Gasteiger charge is 2.12. The van der Waals surface area contributed by atoms with Crippen LogP contribution in [-0.4, -0.2) is 24.6 Å². The lowest BCUT2D eigenvalue weighted by molar-refractivity contribution is 0.295. The van der Waals surface area contributed by atoms with Crippen LogP contribution in [0.2, 0.25) is 5.02 Å². The van der Waals surface area contributed by atoms with E-state index in [1.807, 2.05) is 24.3 Å². The Morgan fingerprint density at radius 1 is 0.971 bits per heavy atom. The third-order valence-electron chi connectivity index (χ3n) is 5.06. The number of alkyl halides is 1. The standard InChI is InChI=1S/C26H23Cl2FN2O3/c1-32-25-14-20-22(8-10-30-23(20)15-26(25)33-11-3-9-27)31-19-6-7-24(21(28)13-19)34-16-17-4-2-5-18(29)12-17/h2,4-8,10,12-15H,3,9,11,16H2,1H3,(H,30,31). The third kappa shape index (κ3) is 5.82. The molecule has 1 aromatic heterocycles. The van der Waals surface area contributed by atoms with Gasteiger partial charge in [0, 0.05) is 34.9 Å². The fraction of sp³-hybridized carbons (Fsp3) is 0.192. The van der Waals surface area contributed by atoms with Crippen LogP contribution in [0.4, 0.5) is 15.8 Å². The summed E-state index contributed by atoms with van der Waals surface area (Å²) in [5.74, 6) is 1.96. The molecule has 5 nitrogen and oxygen atoms in total. The average molecular weight is 501 g/mol. The number of hydrogen-bond donors (Lipinski definition) is 1. The normalized spacial score (nSPS) is 10.8. The Morgan fingerprint density at radius 3 is 2.62 bits per heavy atom. The van der Waals surface area contributed by atoms with Crippen LogP contribution in [0.5, 0.6) is 17.2 Å². The van der Waals surface area contributed by atoms with Gasteiger partial charge in [0.15, 0.2) is 11.5 Å². The van der Waals surface area contributed by atoms with Gasteiger partial charge < -0.3 is 19.5 Å². The molecule has 0 amide bonds. The zero-order valence-electron chi connectivity index (χ0n) is 18.5. The summed E-state index contributed by atoms with van der Waals surface area (Å²) < 4.78 is 30.5. The van der Waals surface area contributed by atoms with E-state index < -0.39 is 0 Å².